The summed E-state index contributed by atoms with van der Waals surface area (Å²) in [6, 6.07) is 0. The average Bonchev–Trinajstić information content (AvgIpc) is 1.85. The van der Waals surface area contributed by atoms with E-state index in [2.05, 4.69) is 0 Å². The third-order valence-electron chi connectivity index (χ3n) is 1.72. The summed E-state index contributed by atoms with van der Waals surface area (Å²) in [5.41, 5.74) is 0. The molecule has 0 aliphatic carbocycles. The molecule has 0 aromatic carbocycles. The number of rotatable bonds is 1. The first-order chi connectivity index (χ1) is 5.15. The number of aliphatic hydroxyl groups is 1. The van der Waals surface area contributed by atoms with Crippen molar-refractivity contribution >= 4 is 16.0 Å². The Morgan fingerprint density at radius 1 is 1.73 bits per heavy atom. The second-order valence-electron chi connectivity index (χ2n) is 2.67. The van der Waals surface area contributed by atoms with Gasteiger partial charge in [-0.05, 0) is 0 Å². The van der Waals surface area contributed by atoms with E-state index in [-0.39, 0.29) is 17.8 Å². The Balaban J connectivity index is 2.32. The quantitative estimate of drug-likeness (QED) is 0.582. The molecule has 1 aliphatic heterocycles. The molecule has 1 atom stereocenters. The Kier molecular flexibility index (Phi) is 2.62. The van der Waals surface area contributed by atoms with Crippen LogP contribution in [0.2, 0.25) is 0 Å². The van der Waals surface area contributed by atoms with Crippen molar-refractivity contribution in [2.45, 2.75) is 0 Å². The zero-order valence-electron chi connectivity index (χ0n) is 6.32. The van der Waals surface area contributed by atoms with Crippen LogP contribution >= 0.6 is 0 Å². The van der Waals surface area contributed by atoms with E-state index >= 15 is 0 Å². The lowest BCUT2D eigenvalue weighted by Gasteiger charge is -2.37. The smallest absolute Gasteiger partial charge is 0.311 e. The normalized spacial score (nSPS) is 21.1. The lowest BCUT2D eigenvalue weighted by atomic mass is 10.0. The minimum atomic E-state index is -1.40. The minimum Gasteiger partial charge on any atom is -0.396 e. The largest absolute Gasteiger partial charge is 0.396 e. The SMILES string of the molecule is CS(=O)C(=O)N1CC(CO)C1. The van der Waals surface area contributed by atoms with Gasteiger partial charge in [-0.2, -0.15) is 0 Å². The predicted molar refractivity (Wildman–Crippen MR) is 41.6 cm³/mol. The lowest BCUT2D eigenvalue weighted by Crippen LogP contribution is -2.51. The van der Waals surface area contributed by atoms with E-state index in [0.717, 1.165) is 0 Å². The van der Waals surface area contributed by atoms with Crippen LogP contribution in [-0.4, -0.2) is 45.4 Å². The highest BCUT2D eigenvalue weighted by Crippen LogP contribution is 2.15. The molecule has 1 rings (SSSR count). The zero-order valence-corrected chi connectivity index (χ0v) is 7.13. The first kappa shape index (κ1) is 8.67. The second kappa shape index (κ2) is 3.32. The number of hydrogen-bond acceptors (Lipinski definition) is 3. The molecule has 0 aromatic heterocycles. The first-order valence-corrected chi connectivity index (χ1v) is 4.94. The zero-order chi connectivity index (χ0) is 8.43. The number of hydrogen-bond donors (Lipinski definition) is 1. The van der Waals surface area contributed by atoms with Gasteiger partial charge in [0.25, 0.3) is 0 Å². The lowest BCUT2D eigenvalue weighted by molar-refractivity contribution is 0.0887. The maximum Gasteiger partial charge on any atom is 0.311 e. The van der Waals surface area contributed by atoms with Crippen LogP contribution in [0.15, 0.2) is 0 Å². The van der Waals surface area contributed by atoms with Crippen molar-refractivity contribution in [3.8, 4) is 0 Å². The van der Waals surface area contributed by atoms with Crippen LogP contribution < -0.4 is 0 Å². The maximum absolute atomic E-state index is 10.9. The molecule has 1 heterocycles. The van der Waals surface area contributed by atoms with Gasteiger partial charge in [-0.25, -0.2) is 4.21 Å². The van der Waals surface area contributed by atoms with Crippen LogP contribution in [0.5, 0.6) is 0 Å². The third kappa shape index (κ3) is 1.78. The van der Waals surface area contributed by atoms with Gasteiger partial charge in [0.05, 0.1) is 0 Å². The minimum absolute atomic E-state index is 0.111. The Hall–Kier alpha value is -0.420. The van der Waals surface area contributed by atoms with Gasteiger partial charge >= 0.3 is 5.24 Å². The van der Waals surface area contributed by atoms with Crippen LogP contribution in [0.3, 0.4) is 0 Å². The number of aliphatic hydroxyl groups excluding tert-OH is 1. The van der Waals surface area contributed by atoms with Crippen molar-refractivity contribution < 1.29 is 14.1 Å². The van der Waals surface area contributed by atoms with Gasteiger partial charge < -0.3 is 10.0 Å². The maximum atomic E-state index is 10.9. The Morgan fingerprint density at radius 2 is 2.27 bits per heavy atom. The molecule has 0 saturated carbocycles. The van der Waals surface area contributed by atoms with Crippen molar-refractivity contribution in [1.29, 1.82) is 0 Å². The topological polar surface area (TPSA) is 57.6 Å². The summed E-state index contributed by atoms with van der Waals surface area (Å²) in [5.74, 6) is 0.197. The number of carbonyl (C=O) groups excluding carboxylic acids is 1. The fourth-order valence-corrected chi connectivity index (χ4v) is 1.53. The number of nitrogens with zero attached hydrogens (tertiary/aromatic N) is 1. The number of amides is 1. The van der Waals surface area contributed by atoms with Gasteiger partial charge in [0.2, 0.25) is 0 Å². The van der Waals surface area contributed by atoms with Crippen molar-refractivity contribution in [3.63, 3.8) is 0 Å². The summed E-state index contributed by atoms with van der Waals surface area (Å²) in [5, 5.41) is 8.29. The summed E-state index contributed by atoms with van der Waals surface area (Å²) in [6.45, 7) is 1.21. The summed E-state index contributed by atoms with van der Waals surface area (Å²) >= 11 is 0. The highest BCUT2D eigenvalue weighted by Gasteiger charge is 2.31. The van der Waals surface area contributed by atoms with Crippen LogP contribution in [-0.2, 0) is 10.8 Å². The van der Waals surface area contributed by atoms with Crippen molar-refractivity contribution in [2.24, 2.45) is 5.92 Å². The fraction of sp³-hybridized carbons (Fsp3) is 0.833. The fourth-order valence-electron chi connectivity index (χ4n) is 1.02. The molecular formula is C6H11NO3S. The molecule has 4 nitrogen and oxygen atoms in total. The Morgan fingerprint density at radius 3 is 2.64 bits per heavy atom. The average molecular weight is 177 g/mol. The number of likely N-dealkylation sites (tertiary alicyclic amines) is 1. The second-order valence-corrected chi connectivity index (χ2v) is 3.93. The molecule has 1 fully saturated rings. The van der Waals surface area contributed by atoms with Crippen molar-refractivity contribution in [2.75, 3.05) is 26.0 Å². The van der Waals surface area contributed by atoms with Gasteiger partial charge in [-0.3, -0.25) is 4.79 Å². The highest BCUT2D eigenvalue weighted by atomic mass is 32.2. The molecule has 1 N–H and O–H groups in total. The third-order valence-corrected chi connectivity index (χ3v) is 2.47. The van der Waals surface area contributed by atoms with E-state index < -0.39 is 10.8 Å². The van der Waals surface area contributed by atoms with Crippen molar-refractivity contribution in [1.82, 2.24) is 4.90 Å². The molecule has 5 heteroatoms. The van der Waals surface area contributed by atoms with Gasteiger partial charge in [0, 0.05) is 31.9 Å². The molecule has 1 saturated heterocycles. The van der Waals surface area contributed by atoms with Crippen molar-refractivity contribution in [3.05, 3.63) is 0 Å². The Bertz CT molecular complexity index is 188. The van der Waals surface area contributed by atoms with E-state index in [0.29, 0.717) is 13.1 Å². The molecule has 1 amide bonds. The van der Waals surface area contributed by atoms with Gasteiger partial charge in [-0.1, -0.05) is 0 Å². The molecular weight excluding hydrogens is 166 g/mol. The van der Waals surface area contributed by atoms with E-state index in [4.69, 9.17) is 5.11 Å². The highest BCUT2D eigenvalue weighted by molar-refractivity contribution is 7.99. The molecule has 0 spiro atoms. The molecule has 1 unspecified atom stereocenters. The predicted octanol–water partition coefficient (Wildman–Crippen LogP) is -0.591. The van der Waals surface area contributed by atoms with E-state index in [1.165, 1.54) is 11.2 Å². The molecule has 0 bridgehead atoms. The monoisotopic (exact) mass is 177 g/mol. The summed E-state index contributed by atoms with van der Waals surface area (Å²) < 4.78 is 10.6. The molecule has 0 radical (unpaired) electrons. The van der Waals surface area contributed by atoms with Gasteiger partial charge in [0.15, 0.2) is 0 Å². The summed E-state index contributed by atoms with van der Waals surface area (Å²) in [7, 11) is -1.40. The molecule has 64 valence electrons. The molecule has 0 aromatic rings. The molecule has 11 heavy (non-hydrogen) atoms. The summed E-state index contributed by atoms with van der Waals surface area (Å²) in [6.07, 6.45) is 1.37. The van der Waals surface area contributed by atoms with Gasteiger partial charge in [0.1, 0.15) is 10.8 Å². The van der Waals surface area contributed by atoms with Crippen LogP contribution in [0, 0.1) is 5.92 Å². The first-order valence-electron chi connectivity index (χ1n) is 3.38. The van der Waals surface area contributed by atoms with E-state index in [1.54, 1.807) is 0 Å². The molecule has 1 aliphatic rings. The standard InChI is InChI=1S/C6H11NO3S/c1-11(10)6(9)7-2-5(3-7)4-8/h5,8H,2-4H2,1H3. The van der Waals surface area contributed by atoms with Gasteiger partial charge in [-0.15, -0.1) is 0 Å². The number of carbonyl (C=O) groups is 1. The van der Waals surface area contributed by atoms with Crippen LogP contribution in [0.4, 0.5) is 4.79 Å². The van der Waals surface area contributed by atoms with Crippen LogP contribution in [0.25, 0.3) is 0 Å². The Labute approximate surface area is 67.6 Å². The summed E-state index contributed by atoms with van der Waals surface area (Å²) in [4.78, 5) is 12.4. The van der Waals surface area contributed by atoms with Crippen LogP contribution in [0.1, 0.15) is 0 Å². The van der Waals surface area contributed by atoms with E-state index in [1.807, 2.05) is 0 Å². The van der Waals surface area contributed by atoms with E-state index in [9.17, 15) is 9.00 Å².